The van der Waals surface area contributed by atoms with Crippen LogP contribution in [-0.2, 0) is 9.84 Å². The number of rotatable bonds is 3. The number of sulfone groups is 1. The number of halogens is 1. The molecule has 2 aromatic carbocycles. The molecule has 0 saturated heterocycles. The third kappa shape index (κ3) is 3.74. The van der Waals surface area contributed by atoms with Gasteiger partial charge in [-0.15, -0.1) is 0 Å². The van der Waals surface area contributed by atoms with E-state index in [-0.39, 0.29) is 16.1 Å². The Morgan fingerprint density at radius 2 is 1.90 bits per heavy atom. The van der Waals surface area contributed by atoms with Crippen molar-refractivity contribution in [2.75, 3.05) is 17.3 Å². The Morgan fingerprint density at radius 3 is 2.57 bits per heavy atom. The number of amides is 1. The Bertz CT molecular complexity index is 804. The third-order valence-corrected chi connectivity index (χ3v) is 4.13. The zero-order valence-electron chi connectivity index (χ0n) is 11.1. The van der Waals surface area contributed by atoms with E-state index in [0.29, 0.717) is 10.7 Å². The first-order valence-electron chi connectivity index (χ1n) is 5.94. The van der Waals surface area contributed by atoms with Crippen LogP contribution in [0.1, 0.15) is 10.4 Å². The molecule has 0 bridgehead atoms. The van der Waals surface area contributed by atoms with Gasteiger partial charge in [-0.1, -0.05) is 17.7 Å². The highest BCUT2D eigenvalue weighted by Crippen LogP contribution is 2.20. The molecule has 0 fully saturated rings. The molecule has 0 aliphatic carbocycles. The van der Waals surface area contributed by atoms with E-state index in [1.807, 2.05) is 0 Å². The summed E-state index contributed by atoms with van der Waals surface area (Å²) in [6.07, 6.45) is 1.10. The number of benzene rings is 2. The number of hydrogen-bond donors (Lipinski definition) is 2. The molecule has 3 N–H and O–H groups in total. The molecule has 1 amide bonds. The first-order chi connectivity index (χ1) is 9.77. The highest BCUT2D eigenvalue weighted by molar-refractivity contribution is 7.90. The minimum absolute atomic E-state index is 0.124. The van der Waals surface area contributed by atoms with Gasteiger partial charge in [-0.25, -0.2) is 8.42 Å². The van der Waals surface area contributed by atoms with Crippen LogP contribution in [0.5, 0.6) is 0 Å². The summed E-state index contributed by atoms with van der Waals surface area (Å²) >= 11 is 5.83. The van der Waals surface area contributed by atoms with E-state index < -0.39 is 15.7 Å². The molecule has 0 aliphatic rings. The molecule has 2 rings (SSSR count). The largest absolute Gasteiger partial charge is 0.398 e. The van der Waals surface area contributed by atoms with Crippen LogP contribution in [0.15, 0.2) is 47.4 Å². The van der Waals surface area contributed by atoms with Crippen molar-refractivity contribution in [1.29, 1.82) is 0 Å². The number of carbonyl (C=O) groups is 1. The van der Waals surface area contributed by atoms with Gasteiger partial charge in [-0.05, 0) is 36.4 Å². The van der Waals surface area contributed by atoms with Crippen LogP contribution >= 0.6 is 11.6 Å². The quantitative estimate of drug-likeness (QED) is 0.849. The van der Waals surface area contributed by atoms with Crippen molar-refractivity contribution in [3.8, 4) is 0 Å². The summed E-state index contributed by atoms with van der Waals surface area (Å²) in [5.74, 6) is -0.458. The zero-order chi connectivity index (χ0) is 15.6. The molecule has 0 radical (unpaired) electrons. The smallest absolute Gasteiger partial charge is 0.257 e. The molecule has 7 heteroatoms. The predicted molar refractivity (Wildman–Crippen MR) is 83.4 cm³/mol. The first kappa shape index (κ1) is 15.3. The van der Waals surface area contributed by atoms with Crippen molar-refractivity contribution in [2.45, 2.75) is 4.90 Å². The molecule has 21 heavy (non-hydrogen) atoms. The van der Waals surface area contributed by atoms with E-state index in [1.54, 1.807) is 18.2 Å². The van der Waals surface area contributed by atoms with E-state index in [2.05, 4.69) is 5.32 Å². The van der Waals surface area contributed by atoms with Gasteiger partial charge in [-0.3, -0.25) is 4.79 Å². The van der Waals surface area contributed by atoms with Gasteiger partial charge in [0.1, 0.15) is 0 Å². The molecule has 0 heterocycles. The number of nitrogen functional groups attached to an aromatic ring is 1. The van der Waals surface area contributed by atoms with Gasteiger partial charge in [0.15, 0.2) is 9.84 Å². The summed E-state index contributed by atoms with van der Waals surface area (Å²) in [5, 5.41) is 2.98. The van der Waals surface area contributed by atoms with Crippen LogP contribution in [0.3, 0.4) is 0 Å². The maximum absolute atomic E-state index is 12.1. The van der Waals surface area contributed by atoms with Crippen LogP contribution in [0.4, 0.5) is 11.4 Å². The maximum Gasteiger partial charge on any atom is 0.257 e. The molecule has 0 atom stereocenters. The Kier molecular flexibility index (Phi) is 4.20. The van der Waals surface area contributed by atoms with Crippen molar-refractivity contribution in [2.24, 2.45) is 0 Å². The lowest BCUT2D eigenvalue weighted by Crippen LogP contribution is -2.14. The second-order valence-corrected chi connectivity index (χ2v) is 6.94. The third-order valence-electron chi connectivity index (χ3n) is 2.78. The van der Waals surface area contributed by atoms with Crippen molar-refractivity contribution >= 4 is 38.7 Å². The fourth-order valence-electron chi connectivity index (χ4n) is 1.73. The van der Waals surface area contributed by atoms with Gasteiger partial charge in [0, 0.05) is 22.7 Å². The van der Waals surface area contributed by atoms with E-state index >= 15 is 0 Å². The Morgan fingerprint density at radius 1 is 1.19 bits per heavy atom. The van der Waals surface area contributed by atoms with Crippen LogP contribution in [0, 0.1) is 0 Å². The van der Waals surface area contributed by atoms with Crippen molar-refractivity contribution < 1.29 is 13.2 Å². The van der Waals surface area contributed by atoms with E-state index in [0.717, 1.165) is 6.26 Å². The lowest BCUT2D eigenvalue weighted by molar-refractivity contribution is 0.102. The SMILES string of the molecule is CS(=O)(=O)c1cccc(NC(=O)c2cc(Cl)ccc2N)c1. The van der Waals surface area contributed by atoms with Crippen LogP contribution in [0.25, 0.3) is 0 Å². The predicted octanol–water partition coefficient (Wildman–Crippen LogP) is 2.58. The first-order valence-corrected chi connectivity index (χ1v) is 8.21. The molecule has 0 spiro atoms. The van der Waals surface area contributed by atoms with Gasteiger partial charge in [-0.2, -0.15) is 0 Å². The molecule has 0 saturated carbocycles. The molecule has 5 nitrogen and oxygen atoms in total. The van der Waals surface area contributed by atoms with E-state index in [1.165, 1.54) is 24.3 Å². The average molecular weight is 325 g/mol. The summed E-state index contributed by atoms with van der Waals surface area (Å²) in [6, 6.07) is 10.5. The van der Waals surface area contributed by atoms with Crippen LogP contribution in [0.2, 0.25) is 5.02 Å². The summed E-state index contributed by atoms with van der Waals surface area (Å²) in [4.78, 5) is 12.3. The van der Waals surface area contributed by atoms with Crippen molar-refractivity contribution in [3.05, 3.63) is 53.1 Å². The minimum Gasteiger partial charge on any atom is -0.398 e. The second kappa shape index (κ2) is 5.75. The standard InChI is InChI=1S/C14H13ClN2O3S/c1-21(19,20)11-4-2-3-10(8-11)17-14(18)12-7-9(15)5-6-13(12)16/h2-8H,16H2,1H3,(H,17,18). The normalized spacial score (nSPS) is 11.1. The minimum atomic E-state index is -3.34. The fraction of sp³-hybridized carbons (Fsp3) is 0.0714. The summed E-state index contributed by atoms with van der Waals surface area (Å²) in [5.41, 5.74) is 6.61. The summed E-state index contributed by atoms with van der Waals surface area (Å²) in [7, 11) is -3.34. The molecular formula is C14H13ClN2O3S. The van der Waals surface area contributed by atoms with Crippen molar-refractivity contribution in [1.82, 2.24) is 0 Å². The lowest BCUT2D eigenvalue weighted by Gasteiger charge is -2.09. The number of hydrogen-bond acceptors (Lipinski definition) is 4. The van der Waals surface area contributed by atoms with E-state index in [9.17, 15) is 13.2 Å². The highest BCUT2D eigenvalue weighted by Gasteiger charge is 2.12. The van der Waals surface area contributed by atoms with Crippen molar-refractivity contribution in [3.63, 3.8) is 0 Å². The monoisotopic (exact) mass is 324 g/mol. The zero-order valence-corrected chi connectivity index (χ0v) is 12.7. The average Bonchev–Trinajstić information content (AvgIpc) is 2.41. The van der Waals surface area contributed by atoms with Crippen LogP contribution < -0.4 is 11.1 Å². The molecule has 2 aromatic rings. The Labute approximate surface area is 127 Å². The number of nitrogens with one attached hydrogen (secondary N) is 1. The molecule has 0 aromatic heterocycles. The topological polar surface area (TPSA) is 89.3 Å². The van der Waals surface area contributed by atoms with Gasteiger partial charge in [0.25, 0.3) is 5.91 Å². The molecule has 0 unspecified atom stereocenters. The molecular weight excluding hydrogens is 312 g/mol. The Balaban J connectivity index is 2.30. The van der Waals surface area contributed by atoms with Gasteiger partial charge >= 0.3 is 0 Å². The number of anilines is 2. The molecule has 0 aliphatic heterocycles. The van der Waals surface area contributed by atoms with Crippen LogP contribution in [-0.4, -0.2) is 20.6 Å². The molecule has 110 valence electrons. The van der Waals surface area contributed by atoms with Gasteiger partial charge in [0.05, 0.1) is 10.5 Å². The second-order valence-electron chi connectivity index (χ2n) is 4.49. The number of carbonyl (C=O) groups excluding carboxylic acids is 1. The van der Waals surface area contributed by atoms with Gasteiger partial charge in [0.2, 0.25) is 0 Å². The summed E-state index contributed by atoms with van der Waals surface area (Å²) in [6.45, 7) is 0. The van der Waals surface area contributed by atoms with E-state index in [4.69, 9.17) is 17.3 Å². The Hall–Kier alpha value is -2.05. The fourth-order valence-corrected chi connectivity index (χ4v) is 2.57. The highest BCUT2D eigenvalue weighted by atomic mass is 35.5. The number of nitrogens with two attached hydrogens (primary N) is 1. The van der Waals surface area contributed by atoms with Gasteiger partial charge < -0.3 is 11.1 Å². The summed E-state index contributed by atoms with van der Waals surface area (Å²) < 4.78 is 23.0. The lowest BCUT2D eigenvalue weighted by atomic mass is 10.1. The maximum atomic E-state index is 12.1.